The van der Waals surface area contributed by atoms with Crippen molar-refractivity contribution in [3.63, 3.8) is 0 Å². The number of hydroxylamine groups is 1. The van der Waals surface area contributed by atoms with E-state index in [0.717, 1.165) is 23.2 Å². The van der Waals surface area contributed by atoms with Crippen molar-refractivity contribution < 1.29 is 22.8 Å². The largest absolute Gasteiger partial charge is 0.350 e. The van der Waals surface area contributed by atoms with Crippen molar-refractivity contribution in [1.82, 2.24) is 14.4 Å². The first-order chi connectivity index (χ1) is 12.6. The number of rotatable bonds is 6. The van der Waals surface area contributed by atoms with Gasteiger partial charge in [-0.1, -0.05) is 0 Å². The Hall–Kier alpha value is -2.49. The Bertz CT molecular complexity index is 871. The van der Waals surface area contributed by atoms with E-state index in [1.165, 1.54) is 43.0 Å². The second-order valence-electron chi connectivity index (χ2n) is 5.68. The number of hydrogen-bond donors (Lipinski definition) is 1. The van der Waals surface area contributed by atoms with E-state index in [2.05, 4.69) is 10.5 Å². The lowest BCUT2D eigenvalue weighted by atomic mass is 10.2. The zero-order valence-corrected chi connectivity index (χ0v) is 14.8. The minimum Gasteiger partial charge on any atom is -0.350 e. The van der Waals surface area contributed by atoms with E-state index < -0.39 is 22.2 Å². The molecule has 1 N–H and O–H groups in total. The molecule has 3 rings (SSSR count). The molecule has 0 aliphatic carbocycles. The molecule has 1 saturated heterocycles. The fraction of sp³-hybridized carbons (Fsp3) is 0.294. The third kappa shape index (κ3) is 4.57. The second-order valence-corrected chi connectivity index (χ2v) is 7.53. The molecular weight excluding hydrogens is 358 g/mol. The van der Waals surface area contributed by atoms with Gasteiger partial charge in [-0.3, -0.25) is 9.78 Å². The SMILES string of the molecule is O=C(/C=C/c1ccn(S(=O)(=O)c2cccnc2)c1)NOC1CCCCO1. The van der Waals surface area contributed by atoms with E-state index in [0.29, 0.717) is 12.2 Å². The van der Waals surface area contributed by atoms with E-state index in [1.807, 2.05) is 0 Å². The maximum Gasteiger partial charge on any atom is 0.269 e. The molecule has 1 unspecified atom stereocenters. The van der Waals surface area contributed by atoms with Crippen molar-refractivity contribution in [3.05, 3.63) is 54.6 Å². The van der Waals surface area contributed by atoms with Crippen LogP contribution in [0.25, 0.3) is 6.08 Å². The zero-order valence-electron chi connectivity index (χ0n) is 13.9. The van der Waals surface area contributed by atoms with E-state index in [-0.39, 0.29) is 4.90 Å². The molecule has 1 aliphatic rings. The normalized spacial score (nSPS) is 18.1. The molecule has 9 heteroatoms. The molecule has 3 heterocycles. The van der Waals surface area contributed by atoms with Crippen LogP contribution in [0.15, 0.2) is 54.0 Å². The summed E-state index contributed by atoms with van der Waals surface area (Å²) in [7, 11) is -3.70. The number of nitrogens with one attached hydrogen (secondary N) is 1. The summed E-state index contributed by atoms with van der Waals surface area (Å²) in [6.07, 6.45) is 10.7. The van der Waals surface area contributed by atoms with Gasteiger partial charge >= 0.3 is 0 Å². The van der Waals surface area contributed by atoms with Crippen LogP contribution in [0.2, 0.25) is 0 Å². The Balaban J connectivity index is 1.59. The van der Waals surface area contributed by atoms with Crippen LogP contribution in [0.3, 0.4) is 0 Å². The van der Waals surface area contributed by atoms with Crippen LogP contribution in [-0.4, -0.2) is 36.2 Å². The molecule has 0 bridgehead atoms. The lowest BCUT2D eigenvalue weighted by molar-refractivity contribution is -0.198. The van der Waals surface area contributed by atoms with Crippen molar-refractivity contribution in [3.8, 4) is 0 Å². The number of carbonyl (C=O) groups is 1. The highest BCUT2D eigenvalue weighted by Gasteiger charge is 2.17. The van der Waals surface area contributed by atoms with Gasteiger partial charge in [0.1, 0.15) is 4.90 Å². The first-order valence-electron chi connectivity index (χ1n) is 8.14. The average molecular weight is 377 g/mol. The Morgan fingerprint density at radius 1 is 1.38 bits per heavy atom. The molecule has 0 radical (unpaired) electrons. The molecule has 138 valence electrons. The molecule has 1 atom stereocenters. The molecule has 1 fully saturated rings. The summed E-state index contributed by atoms with van der Waals surface area (Å²) in [5.74, 6) is -0.456. The molecule has 1 amide bonds. The summed E-state index contributed by atoms with van der Waals surface area (Å²) < 4.78 is 31.3. The minimum absolute atomic E-state index is 0.0877. The van der Waals surface area contributed by atoms with E-state index >= 15 is 0 Å². The monoisotopic (exact) mass is 377 g/mol. The Kier molecular flexibility index (Phi) is 5.82. The van der Waals surface area contributed by atoms with Crippen molar-refractivity contribution in [1.29, 1.82) is 0 Å². The van der Waals surface area contributed by atoms with Crippen LogP contribution in [-0.2, 0) is 24.4 Å². The minimum atomic E-state index is -3.70. The average Bonchev–Trinajstić information content (AvgIpc) is 3.16. The van der Waals surface area contributed by atoms with Gasteiger partial charge in [-0.2, -0.15) is 0 Å². The molecule has 2 aromatic rings. The molecule has 1 aliphatic heterocycles. The Morgan fingerprint density at radius 3 is 3.00 bits per heavy atom. The fourth-order valence-electron chi connectivity index (χ4n) is 2.40. The summed E-state index contributed by atoms with van der Waals surface area (Å²) in [6.45, 7) is 0.620. The summed E-state index contributed by atoms with van der Waals surface area (Å²) >= 11 is 0. The third-order valence-corrected chi connectivity index (χ3v) is 5.38. The Labute approximate surface area is 151 Å². The first kappa shape index (κ1) is 18.3. The van der Waals surface area contributed by atoms with Gasteiger partial charge in [0.15, 0.2) is 6.29 Å². The van der Waals surface area contributed by atoms with Crippen LogP contribution >= 0.6 is 0 Å². The van der Waals surface area contributed by atoms with E-state index in [1.54, 1.807) is 12.1 Å². The summed E-state index contributed by atoms with van der Waals surface area (Å²) in [5.41, 5.74) is 2.86. The van der Waals surface area contributed by atoms with Gasteiger partial charge in [0.2, 0.25) is 0 Å². The van der Waals surface area contributed by atoms with E-state index in [4.69, 9.17) is 9.57 Å². The van der Waals surface area contributed by atoms with Crippen molar-refractivity contribution in [2.45, 2.75) is 30.4 Å². The van der Waals surface area contributed by atoms with Crippen LogP contribution in [0.4, 0.5) is 0 Å². The molecule has 2 aromatic heterocycles. The molecular formula is C17H19N3O5S. The first-order valence-corrected chi connectivity index (χ1v) is 9.58. The van der Waals surface area contributed by atoms with Crippen molar-refractivity contribution in [2.75, 3.05) is 6.61 Å². The van der Waals surface area contributed by atoms with Gasteiger partial charge in [0.05, 0.1) is 0 Å². The van der Waals surface area contributed by atoms with Gasteiger partial charge in [-0.25, -0.2) is 22.7 Å². The van der Waals surface area contributed by atoms with Gasteiger partial charge in [0.25, 0.3) is 15.9 Å². The van der Waals surface area contributed by atoms with Gasteiger partial charge in [-0.15, -0.1) is 0 Å². The number of carbonyl (C=O) groups excluding carboxylic acids is 1. The predicted octanol–water partition coefficient (Wildman–Crippen LogP) is 1.71. The van der Waals surface area contributed by atoms with Gasteiger partial charge < -0.3 is 4.74 Å². The Morgan fingerprint density at radius 2 is 2.27 bits per heavy atom. The summed E-state index contributed by atoms with van der Waals surface area (Å²) in [4.78, 5) is 20.8. The molecule has 0 saturated carbocycles. The number of ether oxygens (including phenoxy) is 1. The zero-order chi connectivity index (χ0) is 18.4. The van der Waals surface area contributed by atoms with Crippen molar-refractivity contribution >= 4 is 22.0 Å². The van der Waals surface area contributed by atoms with Crippen LogP contribution < -0.4 is 5.48 Å². The predicted molar refractivity (Wildman–Crippen MR) is 93.1 cm³/mol. The molecule has 26 heavy (non-hydrogen) atoms. The highest BCUT2D eigenvalue weighted by Crippen LogP contribution is 2.15. The van der Waals surface area contributed by atoms with Crippen LogP contribution in [0.5, 0.6) is 0 Å². The number of pyridine rings is 1. The number of aromatic nitrogens is 2. The quantitative estimate of drug-likeness (QED) is 0.608. The van der Waals surface area contributed by atoms with Crippen LogP contribution in [0, 0.1) is 0 Å². The number of amides is 1. The fourth-order valence-corrected chi connectivity index (χ4v) is 3.57. The lowest BCUT2D eigenvalue weighted by Gasteiger charge is -2.21. The van der Waals surface area contributed by atoms with E-state index in [9.17, 15) is 13.2 Å². The number of nitrogens with zero attached hydrogens (tertiary/aromatic N) is 2. The molecule has 0 aromatic carbocycles. The summed E-state index contributed by atoms with van der Waals surface area (Å²) in [6, 6.07) is 4.61. The second kappa shape index (κ2) is 8.26. The topological polar surface area (TPSA) is 99.5 Å². The van der Waals surface area contributed by atoms with Crippen molar-refractivity contribution in [2.24, 2.45) is 0 Å². The molecule has 0 spiro atoms. The maximum atomic E-state index is 12.4. The number of hydrogen-bond acceptors (Lipinski definition) is 6. The smallest absolute Gasteiger partial charge is 0.269 e. The van der Waals surface area contributed by atoms with Crippen LogP contribution in [0.1, 0.15) is 24.8 Å². The highest BCUT2D eigenvalue weighted by atomic mass is 32.2. The third-order valence-electron chi connectivity index (χ3n) is 3.76. The van der Waals surface area contributed by atoms with Gasteiger partial charge in [0, 0.05) is 43.9 Å². The van der Waals surface area contributed by atoms with Gasteiger partial charge in [-0.05, 0) is 42.7 Å². The summed E-state index contributed by atoms with van der Waals surface area (Å²) in [5, 5.41) is 0. The standard InChI is InChI=1S/C17H19N3O5S/c21-16(19-25-17-5-1-2-11-24-17)7-6-14-8-10-20(13-14)26(22,23)15-4-3-9-18-12-15/h3-4,6-10,12-13,17H,1-2,5,11H2,(H,19,21)/b7-6+. The maximum absolute atomic E-state index is 12.4. The molecule has 8 nitrogen and oxygen atoms in total. The highest BCUT2D eigenvalue weighted by molar-refractivity contribution is 7.90. The lowest BCUT2D eigenvalue weighted by Crippen LogP contribution is -2.32.